The third-order valence-corrected chi connectivity index (χ3v) is 4.94. The number of nitrogens with zero attached hydrogens (tertiary/aromatic N) is 3. The Hall–Kier alpha value is -3.79. The van der Waals surface area contributed by atoms with Crippen LogP contribution in [0.4, 0.5) is 17.6 Å². The van der Waals surface area contributed by atoms with Crippen LogP contribution >= 0.6 is 11.6 Å². The maximum absolute atomic E-state index is 14.7. The number of pyridine rings is 1. The van der Waals surface area contributed by atoms with Crippen molar-refractivity contribution < 1.29 is 32.3 Å². The molecule has 0 atom stereocenters. The lowest BCUT2D eigenvalue weighted by Gasteiger charge is -2.12. The smallest absolute Gasteiger partial charge is 0.417 e. The van der Waals surface area contributed by atoms with Gasteiger partial charge in [0.1, 0.15) is 17.0 Å². The van der Waals surface area contributed by atoms with E-state index in [1.165, 1.54) is 24.3 Å². The minimum absolute atomic E-state index is 0.0423. The van der Waals surface area contributed by atoms with Crippen molar-refractivity contribution in [1.29, 1.82) is 0 Å². The number of alkyl halides is 3. The summed E-state index contributed by atoms with van der Waals surface area (Å²) in [5, 5.41) is 12.5. The summed E-state index contributed by atoms with van der Waals surface area (Å²) >= 11 is 5.94. The number of hydrogen-bond acceptors (Lipinski definition) is 4. The highest BCUT2D eigenvalue weighted by molar-refractivity contribution is 6.35. The molecule has 0 aliphatic rings. The molecule has 6 nitrogen and oxygen atoms in total. The third kappa shape index (κ3) is 3.58. The molecule has 0 bridgehead atoms. The van der Waals surface area contributed by atoms with Crippen molar-refractivity contribution >= 4 is 34.3 Å². The van der Waals surface area contributed by atoms with Gasteiger partial charge in [-0.25, -0.2) is 18.9 Å². The van der Waals surface area contributed by atoms with Gasteiger partial charge in [-0.15, -0.1) is 0 Å². The second-order valence-corrected chi connectivity index (χ2v) is 7.00. The van der Waals surface area contributed by atoms with E-state index in [1.807, 2.05) is 0 Å². The number of carboxylic acids is 1. The van der Waals surface area contributed by atoms with Gasteiger partial charge in [0.05, 0.1) is 21.7 Å². The molecule has 0 fully saturated rings. The van der Waals surface area contributed by atoms with Crippen LogP contribution in [0.3, 0.4) is 0 Å². The lowest BCUT2D eigenvalue weighted by atomic mass is 9.99. The van der Waals surface area contributed by atoms with Crippen LogP contribution in [-0.2, 0) is 6.18 Å². The Bertz CT molecular complexity index is 1380. The van der Waals surface area contributed by atoms with E-state index >= 15 is 0 Å². The van der Waals surface area contributed by atoms with Crippen LogP contribution in [0.2, 0.25) is 5.02 Å². The first kappa shape index (κ1) is 21.4. The molecule has 11 heteroatoms. The van der Waals surface area contributed by atoms with Gasteiger partial charge in [-0.3, -0.25) is 4.79 Å². The molecule has 162 valence electrons. The van der Waals surface area contributed by atoms with E-state index in [-0.39, 0.29) is 22.3 Å². The van der Waals surface area contributed by atoms with Crippen molar-refractivity contribution in [2.75, 3.05) is 0 Å². The van der Waals surface area contributed by atoms with Gasteiger partial charge in [0.15, 0.2) is 5.82 Å². The molecule has 0 saturated carbocycles. The Balaban J connectivity index is 1.96. The van der Waals surface area contributed by atoms with Gasteiger partial charge in [0.25, 0.3) is 0 Å². The van der Waals surface area contributed by atoms with Crippen LogP contribution < -0.4 is 0 Å². The molecule has 1 N–H and O–H groups in total. The first-order valence-electron chi connectivity index (χ1n) is 8.87. The van der Waals surface area contributed by atoms with Crippen LogP contribution in [0.5, 0.6) is 0 Å². The molecule has 4 aromatic rings. The molecule has 0 spiro atoms. The van der Waals surface area contributed by atoms with Gasteiger partial charge in [0.2, 0.25) is 5.78 Å². The summed E-state index contributed by atoms with van der Waals surface area (Å²) in [6.07, 6.45) is -3.86. The molecular formula is C21H10ClF4N3O3. The lowest BCUT2D eigenvalue weighted by molar-refractivity contribution is -0.137. The number of ketones is 1. The van der Waals surface area contributed by atoms with Gasteiger partial charge in [0, 0.05) is 11.6 Å². The fraction of sp³-hybridized carbons (Fsp3) is 0.0476. The Kier molecular flexibility index (Phi) is 5.17. The summed E-state index contributed by atoms with van der Waals surface area (Å²) in [5.74, 6) is -3.25. The molecule has 0 radical (unpaired) electrons. The second kappa shape index (κ2) is 7.72. The van der Waals surface area contributed by atoms with E-state index in [9.17, 15) is 27.2 Å². The Morgan fingerprint density at radius 1 is 1.03 bits per heavy atom. The number of rotatable bonds is 4. The number of aromatic nitrogens is 3. The van der Waals surface area contributed by atoms with Crippen LogP contribution in [0.1, 0.15) is 32.0 Å². The van der Waals surface area contributed by atoms with Crippen molar-refractivity contribution in [1.82, 2.24) is 14.8 Å². The van der Waals surface area contributed by atoms with E-state index < -0.39 is 45.6 Å². The summed E-state index contributed by atoms with van der Waals surface area (Å²) in [4.78, 5) is 28.1. The topological polar surface area (TPSA) is 85.1 Å². The van der Waals surface area contributed by atoms with Crippen molar-refractivity contribution in [3.63, 3.8) is 0 Å². The Morgan fingerprint density at radius 3 is 2.38 bits per heavy atom. The first-order chi connectivity index (χ1) is 15.1. The molecule has 32 heavy (non-hydrogen) atoms. The molecule has 2 aromatic heterocycles. The molecular weight excluding hydrogens is 454 g/mol. The normalized spacial score (nSPS) is 11.7. The second-order valence-electron chi connectivity index (χ2n) is 6.60. The average Bonchev–Trinajstić information content (AvgIpc) is 3.13. The zero-order valence-corrected chi connectivity index (χ0v) is 16.4. The van der Waals surface area contributed by atoms with Crippen LogP contribution in [0.25, 0.3) is 16.7 Å². The minimum Gasteiger partial charge on any atom is -0.478 e. The van der Waals surface area contributed by atoms with Gasteiger partial charge in [-0.05, 0) is 30.3 Å². The zero-order valence-electron chi connectivity index (χ0n) is 15.7. The highest BCUT2D eigenvalue weighted by Crippen LogP contribution is 2.37. The predicted octanol–water partition coefficient (Wildman–Crippen LogP) is 5.16. The van der Waals surface area contributed by atoms with Crippen LogP contribution in [0, 0.1) is 5.82 Å². The number of hydrogen-bond donors (Lipinski definition) is 1. The van der Waals surface area contributed by atoms with Gasteiger partial charge < -0.3 is 5.11 Å². The Labute approximate surface area is 181 Å². The fourth-order valence-corrected chi connectivity index (χ4v) is 3.47. The predicted molar refractivity (Wildman–Crippen MR) is 106 cm³/mol. The van der Waals surface area contributed by atoms with Crippen molar-refractivity contribution in [3.05, 3.63) is 88.0 Å². The number of fused-ring (bicyclic) bond motifs is 1. The molecule has 0 saturated heterocycles. The highest BCUT2D eigenvalue weighted by Gasteiger charge is 2.37. The summed E-state index contributed by atoms with van der Waals surface area (Å²) in [6, 6.07) is 9.01. The molecule has 4 rings (SSSR count). The third-order valence-electron chi connectivity index (χ3n) is 4.63. The van der Waals surface area contributed by atoms with E-state index in [1.54, 1.807) is 0 Å². The zero-order chi connectivity index (χ0) is 23.2. The number of carboxylic acid groups (broad SMARTS) is 1. The SMILES string of the molecule is O=C(O)c1ccc(-n2nc(C(=O)c3c(Cl)cccc3C(F)(F)F)c3cccc(F)c32)nc1. The lowest BCUT2D eigenvalue weighted by Crippen LogP contribution is -2.15. The molecule has 0 aliphatic heterocycles. The van der Waals surface area contributed by atoms with Gasteiger partial charge >= 0.3 is 12.1 Å². The van der Waals surface area contributed by atoms with Crippen molar-refractivity contribution in [3.8, 4) is 5.82 Å². The summed E-state index contributed by atoms with van der Waals surface area (Å²) in [6.45, 7) is 0. The van der Waals surface area contributed by atoms with Crippen LogP contribution in [-0.4, -0.2) is 31.6 Å². The summed E-state index contributed by atoms with van der Waals surface area (Å²) < 4.78 is 56.1. The van der Waals surface area contributed by atoms with E-state index in [0.717, 1.165) is 29.1 Å². The first-order valence-corrected chi connectivity index (χ1v) is 9.24. The van der Waals surface area contributed by atoms with Crippen molar-refractivity contribution in [2.45, 2.75) is 6.18 Å². The molecule has 0 aliphatic carbocycles. The van der Waals surface area contributed by atoms with Gasteiger partial charge in [-0.2, -0.15) is 18.3 Å². The monoisotopic (exact) mass is 463 g/mol. The Morgan fingerprint density at radius 2 is 1.75 bits per heavy atom. The number of para-hydroxylation sites is 1. The summed E-state index contributed by atoms with van der Waals surface area (Å²) in [7, 11) is 0. The number of aromatic carboxylic acids is 1. The standard InChI is InChI=1S/C21H10ClF4N3O3/c22-13-5-2-4-12(21(24,25)26)16(13)19(30)17-11-3-1-6-14(23)18(11)29(28-17)15-8-7-10(9-27-15)20(31)32/h1-9H,(H,31,32). The van der Waals surface area contributed by atoms with E-state index in [2.05, 4.69) is 10.1 Å². The van der Waals surface area contributed by atoms with Gasteiger partial charge in [-0.1, -0.05) is 29.8 Å². The van der Waals surface area contributed by atoms with Crippen molar-refractivity contribution in [2.24, 2.45) is 0 Å². The molecule has 2 heterocycles. The largest absolute Gasteiger partial charge is 0.478 e. The average molecular weight is 464 g/mol. The van der Waals surface area contributed by atoms with Crippen LogP contribution in [0.15, 0.2) is 54.7 Å². The maximum atomic E-state index is 14.7. The number of carbonyl (C=O) groups excluding carboxylic acids is 1. The quantitative estimate of drug-likeness (QED) is 0.334. The van der Waals surface area contributed by atoms with E-state index in [0.29, 0.717) is 6.07 Å². The highest BCUT2D eigenvalue weighted by atomic mass is 35.5. The molecule has 0 amide bonds. The minimum atomic E-state index is -4.87. The molecule has 0 unspecified atom stereocenters. The fourth-order valence-electron chi connectivity index (χ4n) is 3.21. The molecule has 2 aromatic carbocycles. The number of benzene rings is 2. The maximum Gasteiger partial charge on any atom is 0.417 e. The van der Waals surface area contributed by atoms with E-state index in [4.69, 9.17) is 16.7 Å². The summed E-state index contributed by atoms with van der Waals surface area (Å²) in [5.41, 5.74) is -2.90. The number of halogens is 5. The number of carbonyl (C=O) groups is 2.